The van der Waals surface area contributed by atoms with E-state index in [0.717, 1.165) is 6.67 Å². The molecule has 4 aliphatic rings. The van der Waals surface area contributed by atoms with Gasteiger partial charge >= 0.3 is 0 Å². The van der Waals surface area contributed by atoms with Gasteiger partial charge in [0.2, 0.25) is 0 Å². The lowest BCUT2D eigenvalue weighted by Crippen LogP contribution is -2.08. The molecule has 0 atom stereocenters. The number of rotatable bonds is 2. The van der Waals surface area contributed by atoms with Crippen molar-refractivity contribution in [3.63, 3.8) is 0 Å². The Morgan fingerprint density at radius 1 is 0.579 bits per heavy atom. The quantitative estimate of drug-likeness (QED) is 0.506. The van der Waals surface area contributed by atoms with Crippen molar-refractivity contribution in [3.05, 3.63) is 73.3 Å². The highest BCUT2D eigenvalue weighted by atomic mass is 15.1. The van der Waals surface area contributed by atoms with E-state index in [4.69, 9.17) is 0 Å². The normalized spacial score (nSPS) is 11.4. The Morgan fingerprint density at radius 3 is 1.58 bits per heavy atom. The molecule has 4 rings (SSSR count). The topological polar surface area (TPSA) is 9.86 Å². The molecule has 2 heteroatoms. The van der Waals surface area contributed by atoms with Crippen molar-refractivity contribution in [1.29, 1.82) is 0 Å². The summed E-state index contributed by atoms with van der Waals surface area (Å²) in [6.45, 7) is 0.836. The Bertz CT molecular complexity index is 697. The lowest BCUT2D eigenvalue weighted by atomic mass is 10.2. The molecule has 0 unspecified atom stereocenters. The number of nitrogens with zero attached hydrogens (tertiary/aromatic N) is 2. The van der Waals surface area contributed by atoms with Crippen LogP contribution in [0.2, 0.25) is 0 Å². The van der Waals surface area contributed by atoms with E-state index in [-0.39, 0.29) is 0 Å². The summed E-state index contributed by atoms with van der Waals surface area (Å²) in [4.78, 5) is 0. The van der Waals surface area contributed by atoms with Crippen LogP contribution in [0.15, 0.2) is 73.3 Å². The molecule has 0 aromatic carbocycles. The van der Waals surface area contributed by atoms with Gasteiger partial charge in [0.05, 0.1) is 6.67 Å². The maximum absolute atomic E-state index is 2.21. The van der Waals surface area contributed by atoms with Gasteiger partial charge in [-0.2, -0.15) is 0 Å². The summed E-state index contributed by atoms with van der Waals surface area (Å²) in [6, 6.07) is 17.1. The third-order valence-corrected chi connectivity index (χ3v) is 3.60. The average Bonchev–Trinajstić information content (AvgIpc) is 3.05. The fourth-order valence-electron chi connectivity index (χ4n) is 2.59. The van der Waals surface area contributed by atoms with Gasteiger partial charge in [-0.3, -0.25) is 0 Å². The minimum absolute atomic E-state index is 0.836. The zero-order valence-corrected chi connectivity index (χ0v) is 10.5. The van der Waals surface area contributed by atoms with E-state index >= 15 is 0 Å². The first-order valence-corrected chi connectivity index (χ1v) is 6.47. The lowest BCUT2D eigenvalue weighted by molar-refractivity contribution is 0.602. The van der Waals surface area contributed by atoms with Crippen molar-refractivity contribution in [2.45, 2.75) is 6.67 Å². The Balaban J connectivity index is 1.70. The standard InChI is InChI=1S/C17H14N2/c1-3-14-7-9-18(11-16(14)5-1)13-19-10-8-15-4-2-6-17(15)12-19/h1-12H,13H2. The SMILES string of the molecule is c1cc2ccn(Cn3ccc4cccc-4c3)cc-2c1. The summed E-state index contributed by atoms with van der Waals surface area (Å²) in [6.07, 6.45) is 8.64. The summed E-state index contributed by atoms with van der Waals surface area (Å²) in [5.41, 5.74) is 5.18. The third kappa shape index (κ3) is 1.82. The van der Waals surface area contributed by atoms with Crippen LogP contribution < -0.4 is 0 Å². The maximum atomic E-state index is 2.21. The molecular formula is C17H14N2. The van der Waals surface area contributed by atoms with Crippen molar-refractivity contribution in [3.8, 4) is 22.3 Å². The number of fused-ring (bicyclic) bond motifs is 2. The monoisotopic (exact) mass is 246 g/mol. The molecule has 92 valence electrons. The minimum atomic E-state index is 0.836. The van der Waals surface area contributed by atoms with E-state index in [1.807, 2.05) is 0 Å². The van der Waals surface area contributed by atoms with Gasteiger partial charge in [0.1, 0.15) is 0 Å². The Morgan fingerprint density at radius 2 is 1.05 bits per heavy atom. The third-order valence-electron chi connectivity index (χ3n) is 3.60. The number of hydrogen-bond acceptors (Lipinski definition) is 0. The molecule has 19 heavy (non-hydrogen) atoms. The fraction of sp³-hybridized carbons (Fsp3) is 0.0588. The highest BCUT2D eigenvalue weighted by Crippen LogP contribution is 2.23. The minimum Gasteiger partial charge on any atom is -0.335 e. The van der Waals surface area contributed by atoms with Crippen LogP contribution in [0.3, 0.4) is 0 Å². The predicted octanol–water partition coefficient (Wildman–Crippen LogP) is 4.01. The van der Waals surface area contributed by atoms with E-state index in [1.54, 1.807) is 0 Å². The molecule has 0 radical (unpaired) electrons. The zero-order valence-electron chi connectivity index (χ0n) is 10.5. The van der Waals surface area contributed by atoms with Gasteiger partial charge in [0.15, 0.2) is 0 Å². The van der Waals surface area contributed by atoms with Crippen molar-refractivity contribution < 1.29 is 0 Å². The summed E-state index contributed by atoms with van der Waals surface area (Å²) in [7, 11) is 0. The van der Waals surface area contributed by atoms with Gasteiger partial charge in [-0.15, -0.1) is 0 Å². The van der Waals surface area contributed by atoms with E-state index in [0.29, 0.717) is 0 Å². The van der Waals surface area contributed by atoms with Crippen LogP contribution in [0, 0.1) is 0 Å². The first-order valence-electron chi connectivity index (χ1n) is 6.47. The molecule has 2 heterocycles. The fourth-order valence-corrected chi connectivity index (χ4v) is 2.59. The van der Waals surface area contributed by atoms with Crippen LogP contribution >= 0.6 is 0 Å². The second-order valence-corrected chi connectivity index (χ2v) is 4.93. The van der Waals surface area contributed by atoms with Crippen LogP contribution in [0.1, 0.15) is 0 Å². The first kappa shape index (κ1) is 10.4. The smallest absolute Gasteiger partial charge is 0.0977 e. The summed E-state index contributed by atoms with van der Waals surface area (Å²) < 4.78 is 4.41. The van der Waals surface area contributed by atoms with Crippen molar-refractivity contribution in [2.24, 2.45) is 0 Å². The molecule has 0 saturated carbocycles. The van der Waals surface area contributed by atoms with Crippen molar-refractivity contribution in [2.75, 3.05) is 0 Å². The van der Waals surface area contributed by atoms with Crippen LogP contribution in [0.25, 0.3) is 22.3 Å². The molecule has 0 fully saturated rings. The van der Waals surface area contributed by atoms with Gasteiger partial charge < -0.3 is 9.13 Å². The van der Waals surface area contributed by atoms with Gasteiger partial charge in [0.25, 0.3) is 0 Å². The van der Waals surface area contributed by atoms with E-state index < -0.39 is 0 Å². The molecular weight excluding hydrogens is 232 g/mol. The Labute approximate surface area is 112 Å². The molecule has 0 aromatic heterocycles. The molecule has 0 amide bonds. The zero-order chi connectivity index (χ0) is 12.7. The van der Waals surface area contributed by atoms with E-state index in [9.17, 15) is 0 Å². The first-order chi connectivity index (χ1) is 9.38. The van der Waals surface area contributed by atoms with E-state index in [2.05, 4.69) is 82.5 Å². The summed E-state index contributed by atoms with van der Waals surface area (Å²) >= 11 is 0. The molecule has 0 aromatic rings. The molecule has 2 aliphatic heterocycles. The number of pyridine rings is 2. The van der Waals surface area contributed by atoms with Crippen molar-refractivity contribution >= 4 is 0 Å². The highest BCUT2D eigenvalue weighted by molar-refractivity contribution is 5.65. The summed E-state index contributed by atoms with van der Waals surface area (Å²) in [5, 5.41) is 0. The Hall–Kier alpha value is -2.48. The molecule has 2 nitrogen and oxygen atoms in total. The average molecular weight is 246 g/mol. The second kappa shape index (κ2) is 4.02. The molecule has 2 aliphatic carbocycles. The number of aromatic nitrogens is 2. The predicted molar refractivity (Wildman–Crippen MR) is 77.5 cm³/mol. The van der Waals surface area contributed by atoms with Gasteiger partial charge in [-0.1, -0.05) is 36.4 Å². The molecule has 0 N–H and O–H groups in total. The van der Waals surface area contributed by atoms with Crippen LogP contribution in [-0.4, -0.2) is 9.13 Å². The van der Waals surface area contributed by atoms with Crippen LogP contribution in [0.4, 0.5) is 0 Å². The van der Waals surface area contributed by atoms with Crippen molar-refractivity contribution in [1.82, 2.24) is 9.13 Å². The molecule has 0 saturated heterocycles. The van der Waals surface area contributed by atoms with Crippen LogP contribution in [0.5, 0.6) is 0 Å². The molecule has 0 spiro atoms. The van der Waals surface area contributed by atoms with Gasteiger partial charge in [-0.25, -0.2) is 0 Å². The van der Waals surface area contributed by atoms with Crippen LogP contribution in [-0.2, 0) is 6.67 Å². The molecule has 0 bridgehead atoms. The Kier molecular flexibility index (Phi) is 2.21. The van der Waals surface area contributed by atoms with Gasteiger partial charge in [-0.05, 0) is 34.4 Å². The maximum Gasteiger partial charge on any atom is 0.0977 e. The highest BCUT2D eigenvalue weighted by Gasteiger charge is 2.03. The summed E-state index contributed by atoms with van der Waals surface area (Å²) in [5.74, 6) is 0. The largest absolute Gasteiger partial charge is 0.335 e. The lowest BCUT2D eigenvalue weighted by Gasteiger charge is -2.13. The number of hydrogen-bond donors (Lipinski definition) is 0. The van der Waals surface area contributed by atoms with Gasteiger partial charge in [0, 0.05) is 24.8 Å². The second-order valence-electron chi connectivity index (χ2n) is 4.93. The van der Waals surface area contributed by atoms with E-state index in [1.165, 1.54) is 22.3 Å².